The van der Waals surface area contributed by atoms with Crippen LogP contribution in [0.15, 0.2) is 24.3 Å². The molecule has 0 radical (unpaired) electrons. The fourth-order valence-corrected chi connectivity index (χ4v) is 1.99. The van der Waals surface area contributed by atoms with E-state index >= 15 is 0 Å². The molecular formula is C13H19NO2. The van der Waals surface area contributed by atoms with Crippen LogP contribution in [0.4, 0.5) is 0 Å². The first-order chi connectivity index (χ1) is 7.90. The molecule has 16 heavy (non-hydrogen) atoms. The minimum atomic E-state index is 0.346. The normalized spacial score (nSPS) is 20.7. The zero-order chi connectivity index (χ0) is 11.2. The third kappa shape index (κ3) is 2.97. The summed E-state index contributed by atoms with van der Waals surface area (Å²) in [5.41, 5.74) is 1.12. The largest absolute Gasteiger partial charge is 0.496 e. The molecule has 1 saturated heterocycles. The summed E-state index contributed by atoms with van der Waals surface area (Å²) < 4.78 is 11.2. The Morgan fingerprint density at radius 1 is 1.38 bits per heavy atom. The molecule has 3 nitrogen and oxygen atoms in total. The SMILES string of the molecule is COc1ccccc1COC1CCCNC1. The van der Waals surface area contributed by atoms with Gasteiger partial charge < -0.3 is 14.8 Å². The second-order valence-electron chi connectivity index (χ2n) is 4.09. The molecule has 88 valence electrons. The molecule has 1 N–H and O–H groups in total. The molecule has 1 aliphatic rings. The van der Waals surface area contributed by atoms with Crippen molar-refractivity contribution in [3.8, 4) is 5.75 Å². The molecule has 1 aromatic carbocycles. The number of methoxy groups -OCH3 is 1. The van der Waals surface area contributed by atoms with E-state index in [0.29, 0.717) is 12.7 Å². The Morgan fingerprint density at radius 2 is 2.25 bits per heavy atom. The van der Waals surface area contributed by atoms with Crippen molar-refractivity contribution >= 4 is 0 Å². The molecular weight excluding hydrogens is 202 g/mol. The summed E-state index contributed by atoms with van der Waals surface area (Å²) in [4.78, 5) is 0. The summed E-state index contributed by atoms with van der Waals surface area (Å²) in [5.74, 6) is 0.909. The van der Waals surface area contributed by atoms with Crippen LogP contribution in [0.1, 0.15) is 18.4 Å². The molecule has 3 heteroatoms. The average molecular weight is 221 g/mol. The predicted octanol–water partition coefficient (Wildman–Crippen LogP) is 1.96. The van der Waals surface area contributed by atoms with Gasteiger partial charge in [0.15, 0.2) is 0 Å². The monoisotopic (exact) mass is 221 g/mol. The summed E-state index contributed by atoms with van der Waals surface area (Å²) >= 11 is 0. The van der Waals surface area contributed by atoms with Crippen LogP contribution in [0.25, 0.3) is 0 Å². The van der Waals surface area contributed by atoms with Gasteiger partial charge >= 0.3 is 0 Å². The molecule has 1 unspecified atom stereocenters. The molecule has 1 atom stereocenters. The zero-order valence-electron chi connectivity index (χ0n) is 9.74. The molecule has 0 spiro atoms. The number of ether oxygens (including phenoxy) is 2. The Bertz CT molecular complexity index is 321. The number of benzene rings is 1. The second-order valence-corrected chi connectivity index (χ2v) is 4.09. The van der Waals surface area contributed by atoms with Crippen LogP contribution in [0.3, 0.4) is 0 Å². The lowest BCUT2D eigenvalue weighted by Gasteiger charge is -2.23. The highest BCUT2D eigenvalue weighted by molar-refractivity contribution is 5.32. The van der Waals surface area contributed by atoms with E-state index in [4.69, 9.17) is 9.47 Å². The van der Waals surface area contributed by atoms with Gasteiger partial charge in [0, 0.05) is 12.1 Å². The van der Waals surface area contributed by atoms with Gasteiger partial charge in [-0.2, -0.15) is 0 Å². The first-order valence-corrected chi connectivity index (χ1v) is 5.84. The van der Waals surface area contributed by atoms with Gasteiger partial charge in [0.05, 0.1) is 19.8 Å². The van der Waals surface area contributed by atoms with Crippen LogP contribution < -0.4 is 10.1 Å². The molecule has 0 aliphatic carbocycles. The van der Waals surface area contributed by atoms with Gasteiger partial charge in [-0.15, -0.1) is 0 Å². The molecule has 2 rings (SSSR count). The smallest absolute Gasteiger partial charge is 0.124 e. The topological polar surface area (TPSA) is 30.5 Å². The average Bonchev–Trinajstić information content (AvgIpc) is 2.38. The molecule has 0 saturated carbocycles. The number of hydrogen-bond acceptors (Lipinski definition) is 3. The third-order valence-electron chi connectivity index (χ3n) is 2.92. The van der Waals surface area contributed by atoms with Crippen molar-refractivity contribution < 1.29 is 9.47 Å². The standard InChI is InChI=1S/C13H19NO2/c1-15-13-7-3-2-5-11(13)10-16-12-6-4-8-14-9-12/h2-3,5,7,12,14H,4,6,8-10H2,1H3. The summed E-state index contributed by atoms with van der Waals surface area (Å²) in [6, 6.07) is 8.01. The highest BCUT2D eigenvalue weighted by Crippen LogP contribution is 2.19. The van der Waals surface area contributed by atoms with Crippen LogP contribution in [0.2, 0.25) is 0 Å². The minimum Gasteiger partial charge on any atom is -0.496 e. The van der Waals surface area contributed by atoms with Gasteiger partial charge in [0.1, 0.15) is 5.75 Å². The van der Waals surface area contributed by atoms with Crippen molar-refractivity contribution in [2.24, 2.45) is 0 Å². The zero-order valence-corrected chi connectivity index (χ0v) is 9.74. The van der Waals surface area contributed by atoms with Gasteiger partial charge in [0.25, 0.3) is 0 Å². The maximum atomic E-state index is 5.87. The van der Waals surface area contributed by atoms with Crippen LogP contribution in [0, 0.1) is 0 Å². The lowest BCUT2D eigenvalue weighted by Crippen LogP contribution is -2.35. The lowest BCUT2D eigenvalue weighted by molar-refractivity contribution is 0.0244. The highest BCUT2D eigenvalue weighted by atomic mass is 16.5. The minimum absolute atomic E-state index is 0.346. The summed E-state index contributed by atoms with van der Waals surface area (Å²) in [6.07, 6.45) is 2.71. The number of piperidine rings is 1. The predicted molar refractivity (Wildman–Crippen MR) is 63.7 cm³/mol. The van der Waals surface area contributed by atoms with Gasteiger partial charge in [-0.1, -0.05) is 18.2 Å². The highest BCUT2D eigenvalue weighted by Gasteiger charge is 2.13. The van der Waals surface area contributed by atoms with Crippen molar-refractivity contribution in [2.45, 2.75) is 25.6 Å². The summed E-state index contributed by atoms with van der Waals surface area (Å²) in [5, 5.41) is 3.34. The molecule has 1 heterocycles. The van der Waals surface area contributed by atoms with E-state index in [0.717, 1.165) is 30.8 Å². The van der Waals surface area contributed by atoms with Crippen molar-refractivity contribution in [1.29, 1.82) is 0 Å². The molecule has 1 aromatic rings. The second kappa shape index (κ2) is 5.87. The third-order valence-corrected chi connectivity index (χ3v) is 2.92. The van der Waals surface area contributed by atoms with E-state index in [1.807, 2.05) is 18.2 Å². The number of hydrogen-bond donors (Lipinski definition) is 1. The van der Waals surface area contributed by atoms with Gasteiger partial charge in [-0.25, -0.2) is 0 Å². The number of nitrogens with one attached hydrogen (secondary N) is 1. The van der Waals surface area contributed by atoms with E-state index in [9.17, 15) is 0 Å². The van der Waals surface area contributed by atoms with Crippen LogP contribution in [0.5, 0.6) is 5.75 Å². The van der Waals surface area contributed by atoms with Gasteiger partial charge in [-0.3, -0.25) is 0 Å². The molecule has 0 amide bonds. The first kappa shape index (κ1) is 11.4. The number of para-hydroxylation sites is 1. The number of rotatable bonds is 4. The summed E-state index contributed by atoms with van der Waals surface area (Å²) in [7, 11) is 1.70. The Labute approximate surface area is 96.8 Å². The van der Waals surface area contributed by atoms with Crippen molar-refractivity contribution in [3.63, 3.8) is 0 Å². The van der Waals surface area contributed by atoms with Gasteiger partial charge in [0.2, 0.25) is 0 Å². The van der Waals surface area contributed by atoms with E-state index in [1.165, 1.54) is 6.42 Å². The maximum Gasteiger partial charge on any atom is 0.124 e. The first-order valence-electron chi connectivity index (χ1n) is 5.84. The Kier molecular flexibility index (Phi) is 4.19. The van der Waals surface area contributed by atoms with Gasteiger partial charge in [-0.05, 0) is 25.5 Å². The maximum absolute atomic E-state index is 5.87. The Balaban J connectivity index is 1.88. The molecule has 0 aromatic heterocycles. The van der Waals surface area contributed by atoms with E-state index in [2.05, 4.69) is 11.4 Å². The quantitative estimate of drug-likeness (QED) is 0.843. The lowest BCUT2D eigenvalue weighted by atomic mass is 10.1. The van der Waals surface area contributed by atoms with E-state index < -0.39 is 0 Å². The van der Waals surface area contributed by atoms with Crippen LogP contribution in [-0.4, -0.2) is 26.3 Å². The van der Waals surface area contributed by atoms with Crippen molar-refractivity contribution in [3.05, 3.63) is 29.8 Å². The fraction of sp³-hybridized carbons (Fsp3) is 0.538. The van der Waals surface area contributed by atoms with E-state index in [-0.39, 0.29) is 0 Å². The molecule has 0 bridgehead atoms. The molecule has 1 fully saturated rings. The fourth-order valence-electron chi connectivity index (χ4n) is 1.99. The Hall–Kier alpha value is -1.06. The van der Waals surface area contributed by atoms with Crippen molar-refractivity contribution in [2.75, 3.05) is 20.2 Å². The summed E-state index contributed by atoms with van der Waals surface area (Å²) in [6.45, 7) is 2.72. The van der Waals surface area contributed by atoms with Crippen LogP contribution in [-0.2, 0) is 11.3 Å². The molecule has 1 aliphatic heterocycles. The van der Waals surface area contributed by atoms with Crippen molar-refractivity contribution in [1.82, 2.24) is 5.32 Å². The van der Waals surface area contributed by atoms with E-state index in [1.54, 1.807) is 7.11 Å². The van der Waals surface area contributed by atoms with Crippen LogP contribution >= 0.6 is 0 Å². The Morgan fingerprint density at radius 3 is 3.00 bits per heavy atom.